The maximum atomic E-state index is 12.3. The maximum absolute atomic E-state index is 12.3. The fraction of sp³-hybridized carbons (Fsp3) is 0.500. The van der Waals surface area contributed by atoms with Gasteiger partial charge in [-0.1, -0.05) is 25.2 Å². The first kappa shape index (κ1) is 16.0. The Labute approximate surface area is 127 Å². The molecule has 21 heavy (non-hydrogen) atoms. The summed E-state index contributed by atoms with van der Waals surface area (Å²) in [7, 11) is -3.45. The zero-order chi connectivity index (χ0) is 15.5. The molecule has 0 radical (unpaired) electrons. The molecule has 1 fully saturated rings. The van der Waals surface area contributed by atoms with Crippen LogP contribution in [0.1, 0.15) is 37.3 Å². The molecule has 0 aliphatic heterocycles. The summed E-state index contributed by atoms with van der Waals surface area (Å²) in [5, 5.41) is 0. The lowest BCUT2D eigenvalue weighted by atomic mass is 9.71. The third kappa shape index (κ3) is 3.85. The zero-order valence-electron chi connectivity index (χ0n) is 12.6. The molecule has 0 saturated heterocycles. The van der Waals surface area contributed by atoms with Crippen LogP contribution < -0.4 is 10.5 Å². The molecule has 0 spiro atoms. The molecule has 0 aromatic heterocycles. The van der Waals surface area contributed by atoms with E-state index in [4.69, 9.17) is 5.73 Å². The Balaban J connectivity index is 2.14. The number of nitrogens with two attached hydrogens (primary N) is 1. The van der Waals surface area contributed by atoms with Crippen LogP contribution in [0.15, 0.2) is 23.1 Å². The van der Waals surface area contributed by atoms with Crippen LogP contribution in [0, 0.1) is 24.2 Å². The minimum absolute atomic E-state index is 0.120. The van der Waals surface area contributed by atoms with E-state index in [1.807, 2.05) is 6.92 Å². The predicted molar refractivity (Wildman–Crippen MR) is 84.3 cm³/mol. The molecule has 5 heteroatoms. The van der Waals surface area contributed by atoms with Crippen molar-refractivity contribution in [2.75, 3.05) is 13.1 Å². The van der Waals surface area contributed by atoms with Crippen LogP contribution in [0.5, 0.6) is 0 Å². The minimum Gasteiger partial charge on any atom is -0.320 e. The molecule has 1 aromatic carbocycles. The summed E-state index contributed by atoms with van der Waals surface area (Å²) in [6.45, 7) is 4.77. The third-order valence-electron chi connectivity index (χ3n) is 4.08. The second-order valence-electron chi connectivity index (χ2n) is 5.97. The molecule has 3 N–H and O–H groups in total. The van der Waals surface area contributed by atoms with Gasteiger partial charge in [0.05, 0.1) is 11.4 Å². The first-order chi connectivity index (χ1) is 9.86. The van der Waals surface area contributed by atoms with E-state index >= 15 is 0 Å². The molecule has 1 saturated carbocycles. The molecule has 0 bridgehead atoms. The molecule has 0 heterocycles. The lowest BCUT2D eigenvalue weighted by Crippen LogP contribution is -2.39. The smallest absolute Gasteiger partial charge is 0.240 e. The monoisotopic (exact) mass is 306 g/mol. The first-order valence-electron chi connectivity index (χ1n) is 7.16. The number of benzene rings is 1. The molecule has 4 nitrogen and oxygen atoms in total. The van der Waals surface area contributed by atoms with E-state index in [0.29, 0.717) is 18.0 Å². The molecule has 0 atom stereocenters. The van der Waals surface area contributed by atoms with Gasteiger partial charge in [-0.15, -0.1) is 0 Å². The van der Waals surface area contributed by atoms with Gasteiger partial charge in [0.1, 0.15) is 0 Å². The maximum Gasteiger partial charge on any atom is 0.240 e. The van der Waals surface area contributed by atoms with Crippen LogP contribution in [0.2, 0.25) is 0 Å². The predicted octanol–water partition coefficient (Wildman–Crippen LogP) is 1.77. The van der Waals surface area contributed by atoms with Crippen LogP contribution in [-0.4, -0.2) is 21.5 Å². The van der Waals surface area contributed by atoms with Gasteiger partial charge in [0.15, 0.2) is 0 Å². The van der Waals surface area contributed by atoms with Gasteiger partial charge in [-0.25, -0.2) is 13.1 Å². The Bertz CT molecular complexity index is 680. The average Bonchev–Trinajstić information content (AvgIpc) is 2.42. The normalized spacial score (nSPS) is 16.7. The van der Waals surface area contributed by atoms with Crippen LogP contribution >= 0.6 is 0 Å². The lowest BCUT2D eigenvalue weighted by molar-refractivity contribution is 0.166. The number of sulfonamides is 1. The fourth-order valence-corrected chi connectivity index (χ4v) is 3.68. The van der Waals surface area contributed by atoms with E-state index in [2.05, 4.69) is 23.5 Å². The topological polar surface area (TPSA) is 72.2 Å². The van der Waals surface area contributed by atoms with Gasteiger partial charge in [-0.05, 0) is 48.9 Å². The van der Waals surface area contributed by atoms with E-state index in [-0.39, 0.29) is 5.41 Å². The Morgan fingerprint density at radius 2 is 2.10 bits per heavy atom. The van der Waals surface area contributed by atoms with Gasteiger partial charge < -0.3 is 5.73 Å². The van der Waals surface area contributed by atoms with Crippen molar-refractivity contribution >= 4 is 10.0 Å². The van der Waals surface area contributed by atoms with Crippen LogP contribution in [-0.2, 0) is 10.0 Å². The van der Waals surface area contributed by atoms with Gasteiger partial charge in [-0.3, -0.25) is 0 Å². The summed E-state index contributed by atoms with van der Waals surface area (Å²) in [5.74, 6) is 5.71. The summed E-state index contributed by atoms with van der Waals surface area (Å²) in [6.07, 6.45) is 3.36. The van der Waals surface area contributed by atoms with Crippen LogP contribution in [0.3, 0.4) is 0 Å². The quantitative estimate of drug-likeness (QED) is 0.833. The lowest BCUT2D eigenvalue weighted by Gasteiger charge is -2.38. The molecule has 114 valence electrons. The van der Waals surface area contributed by atoms with E-state index < -0.39 is 10.0 Å². The summed E-state index contributed by atoms with van der Waals surface area (Å²) in [4.78, 5) is 0.293. The van der Waals surface area contributed by atoms with E-state index in [0.717, 1.165) is 24.0 Å². The second kappa shape index (κ2) is 6.18. The molecular formula is C16H22N2O2S. The standard InChI is InChI=1S/C16H22N2O2S/c1-13-11-15(7-6-14(13)5-3-10-17)21(19,20)18-12-16(2)8-4-9-16/h6-7,11,18H,4,8-10,12,17H2,1-2H3. The minimum atomic E-state index is -3.45. The van der Waals surface area contributed by atoms with Crippen molar-refractivity contribution in [3.8, 4) is 11.8 Å². The second-order valence-corrected chi connectivity index (χ2v) is 7.74. The van der Waals surface area contributed by atoms with Crippen molar-refractivity contribution in [3.63, 3.8) is 0 Å². The Kier molecular flexibility index (Phi) is 4.72. The van der Waals surface area contributed by atoms with Gasteiger partial charge in [-0.2, -0.15) is 0 Å². The van der Waals surface area contributed by atoms with Crippen LogP contribution in [0.25, 0.3) is 0 Å². The third-order valence-corrected chi connectivity index (χ3v) is 5.48. The molecule has 1 aliphatic rings. The van der Waals surface area contributed by atoms with E-state index in [9.17, 15) is 8.42 Å². The first-order valence-corrected chi connectivity index (χ1v) is 8.64. The summed E-state index contributed by atoms with van der Waals surface area (Å²) in [6, 6.07) is 4.99. The molecule has 0 unspecified atom stereocenters. The van der Waals surface area contributed by atoms with Gasteiger partial charge in [0.25, 0.3) is 0 Å². The number of nitrogens with one attached hydrogen (secondary N) is 1. The summed E-state index contributed by atoms with van der Waals surface area (Å²) < 4.78 is 27.4. The molecular weight excluding hydrogens is 284 g/mol. The Morgan fingerprint density at radius 1 is 1.38 bits per heavy atom. The van der Waals surface area contributed by atoms with Crippen molar-refractivity contribution in [1.29, 1.82) is 0 Å². The van der Waals surface area contributed by atoms with Crippen molar-refractivity contribution in [3.05, 3.63) is 29.3 Å². The highest BCUT2D eigenvalue weighted by Gasteiger charge is 2.33. The Hall–Kier alpha value is -1.35. The molecule has 2 rings (SSSR count). The highest BCUT2D eigenvalue weighted by atomic mass is 32.2. The average molecular weight is 306 g/mol. The zero-order valence-corrected chi connectivity index (χ0v) is 13.4. The Morgan fingerprint density at radius 3 is 2.62 bits per heavy atom. The SMILES string of the molecule is Cc1cc(S(=O)(=O)NCC2(C)CCC2)ccc1C#CCN. The number of rotatable bonds is 4. The van der Waals surface area contributed by atoms with Crippen molar-refractivity contribution < 1.29 is 8.42 Å². The summed E-state index contributed by atoms with van der Waals surface area (Å²) in [5.41, 5.74) is 7.12. The van der Waals surface area contributed by atoms with E-state index in [1.54, 1.807) is 18.2 Å². The van der Waals surface area contributed by atoms with Crippen molar-refractivity contribution in [2.24, 2.45) is 11.1 Å². The fourth-order valence-electron chi connectivity index (χ4n) is 2.40. The highest BCUT2D eigenvalue weighted by Crippen LogP contribution is 2.39. The number of aryl methyl sites for hydroxylation is 1. The van der Waals surface area contributed by atoms with Crippen LogP contribution in [0.4, 0.5) is 0 Å². The van der Waals surface area contributed by atoms with Gasteiger partial charge in [0.2, 0.25) is 10.0 Å². The number of hydrogen-bond acceptors (Lipinski definition) is 3. The molecule has 0 amide bonds. The van der Waals surface area contributed by atoms with Gasteiger partial charge >= 0.3 is 0 Å². The van der Waals surface area contributed by atoms with Crippen molar-refractivity contribution in [1.82, 2.24) is 4.72 Å². The molecule has 1 aromatic rings. The largest absolute Gasteiger partial charge is 0.320 e. The number of hydrogen-bond donors (Lipinski definition) is 2. The van der Waals surface area contributed by atoms with Gasteiger partial charge in [0, 0.05) is 12.1 Å². The van der Waals surface area contributed by atoms with Crippen molar-refractivity contribution in [2.45, 2.75) is 38.0 Å². The highest BCUT2D eigenvalue weighted by molar-refractivity contribution is 7.89. The van der Waals surface area contributed by atoms with E-state index in [1.165, 1.54) is 6.42 Å². The molecule has 1 aliphatic carbocycles. The summed E-state index contributed by atoms with van der Waals surface area (Å²) >= 11 is 0.